The van der Waals surface area contributed by atoms with E-state index in [1.165, 1.54) is 12.1 Å². The van der Waals surface area contributed by atoms with E-state index in [1.807, 2.05) is 0 Å². The molecule has 5 nitrogen and oxygen atoms in total. The molecular formula is C12H10ClNO4. The Bertz CT molecular complexity index is 592. The van der Waals surface area contributed by atoms with Crippen LogP contribution in [-0.2, 0) is 0 Å². The zero-order valence-corrected chi connectivity index (χ0v) is 10.2. The summed E-state index contributed by atoms with van der Waals surface area (Å²) in [4.78, 5) is 10.2. The van der Waals surface area contributed by atoms with Gasteiger partial charge in [0, 0.05) is 11.6 Å². The molecule has 2 aromatic rings. The van der Waals surface area contributed by atoms with Gasteiger partial charge < -0.3 is 9.52 Å². The van der Waals surface area contributed by atoms with E-state index in [1.54, 1.807) is 25.1 Å². The molecule has 1 aromatic carbocycles. The molecular weight excluding hydrogens is 258 g/mol. The molecule has 0 aliphatic heterocycles. The van der Waals surface area contributed by atoms with E-state index in [0.29, 0.717) is 17.1 Å². The monoisotopic (exact) mass is 267 g/mol. The topological polar surface area (TPSA) is 76.5 Å². The summed E-state index contributed by atoms with van der Waals surface area (Å²) in [5.74, 6) is 0.855. The second-order valence-electron chi connectivity index (χ2n) is 3.80. The fourth-order valence-corrected chi connectivity index (χ4v) is 1.72. The van der Waals surface area contributed by atoms with Gasteiger partial charge in [-0.25, -0.2) is 0 Å². The van der Waals surface area contributed by atoms with Crippen LogP contribution in [0, 0.1) is 10.1 Å². The molecule has 1 N–H and O–H groups in total. The Morgan fingerprint density at radius 3 is 2.67 bits per heavy atom. The third-order valence-electron chi connectivity index (χ3n) is 2.47. The van der Waals surface area contributed by atoms with Crippen LogP contribution < -0.4 is 0 Å². The lowest BCUT2D eigenvalue weighted by Crippen LogP contribution is -1.89. The van der Waals surface area contributed by atoms with E-state index in [9.17, 15) is 15.2 Å². The van der Waals surface area contributed by atoms with Gasteiger partial charge in [-0.2, -0.15) is 0 Å². The number of halogens is 1. The van der Waals surface area contributed by atoms with Crippen LogP contribution in [0.1, 0.15) is 18.8 Å². The van der Waals surface area contributed by atoms with Crippen LogP contribution in [-0.4, -0.2) is 10.0 Å². The summed E-state index contributed by atoms with van der Waals surface area (Å²) < 4.78 is 5.39. The van der Waals surface area contributed by atoms with E-state index in [4.69, 9.17) is 16.0 Å². The SMILES string of the molecule is CC(O)c1ccc(-c2ccc(Cl)c([N+](=O)[O-])c2)o1. The molecule has 1 unspecified atom stereocenters. The van der Waals surface area contributed by atoms with E-state index < -0.39 is 11.0 Å². The van der Waals surface area contributed by atoms with E-state index in [0.717, 1.165) is 0 Å². The van der Waals surface area contributed by atoms with Crippen molar-refractivity contribution in [2.24, 2.45) is 0 Å². The normalized spacial score (nSPS) is 12.4. The highest BCUT2D eigenvalue weighted by Crippen LogP contribution is 2.32. The Hall–Kier alpha value is -1.85. The largest absolute Gasteiger partial charge is 0.458 e. The van der Waals surface area contributed by atoms with Gasteiger partial charge in [-0.1, -0.05) is 11.6 Å². The third-order valence-corrected chi connectivity index (χ3v) is 2.79. The Labute approximate surface area is 108 Å². The average Bonchev–Trinajstić information content (AvgIpc) is 2.78. The Kier molecular flexibility index (Phi) is 3.36. The predicted molar refractivity (Wildman–Crippen MR) is 66.4 cm³/mol. The van der Waals surface area contributed by atoms with Crippen LogP contribution in [0.3, 0.4) is 0 Å². The number of nitro benzene ring substituents is 1. The smallest absolute Gasteiger partial charge is 0.288 e. The van der Waals surface area contributed by atoms with Gasteiger partial charge in [0.05, 0.1) is 4.92 Å². The number of nitrogens with zero attached hydrogens (tertiary/aromatic N) is 1. The van der Waals surface area contributed by atoms with Gasteiger partial charge in [-0.15, -0.1) is 0 Å². The molecule has 6 heteroatoms. The molecule has 2 rings (SSSR count). The first kappa shape index (κ1) is 12.6. The highest BCUT2D eigenvalue weighted by atomic mass is 35.5. The molecule has 0 fully saturated rings. The highest BCUT2D eigenvalue weighted by Gasteiger charge is 2.15. The van der Waals surface area contributed by atoms with Crippen molar-refractivity contribution in [3.05, 3.63) is 51.2 Å². The maximum atomic E-state index is 10.8. The molecule has 0 radical (unpaired) electrons. The molecule has 1 heterocycles. The molecule has 0 aliphatic rings. The first-order chi connectivity index (χ1) is 8.49. The zero-order valence-electron chi connectivity index (χ0n) is 9.46. The Morgan fingerprint density at radius 2 is 2.11 bits per heavy atom. The van der Waals surface area contributed by atoms with Crippen molar-refractivity contribution >= 4 is 17.3 Å². The minimum absolute atomic E-state index is 0.0751. The fourth-order valence-electron chi connectivity index (χ4n) is 1.54. The first-order valence-electron chi connectivity index (χ1n) is 5.21. The quantitative estimate of drug-likeness (QED) is 0.681. The van der Waals surface area contributed by atoms with Crippen LogP contribution in [0.4, 0.5) is 5.69 Å². The van der Waals surface area contributed by atoms with Crippen molar-refractivity contribution in [3.63, 3.8) is 0 Å². The second kappa shape index (κ2) is 4.80. The van der Waals surface area contributed by atoms with Gasteiger partial charge in [-0.3, -0.25) is 10.1 Å². The predicted octanol–water partition coefficient (Wildman–Crippen LogP) is 3.56. The zero-order chi connectivity index (χ0) is 13.3. The number of benzene rings is 1. The minimum atomic E-state index is -0.721. The summed E-state index contributed by atoms with van der Waals surface area (Å²) in [5, 5.41) is 20.2. The van der Waals surface area contributed by atoms with E-state index >= 15 is 0 Å². The first-order valence-corrected chi connectivity index (χ1v) is 5.59. The molecule has 0 aliphatic carbocycles. The summed E-state index contributed by atoms with van der Waals surface area (Å²) in [6.45, 7) is 1.58. The number of furan rings is 1. The lowest BCUT2D eigenvalue weighted by molar-refractivity contribution is -0.384. The van der Waals surface area contributed by atoms with Crippen LogP contribution >= 0.6 is 11.6 Å². The van der Waals surface area contributed by atoms with E-state index in [2.05, 4.69) is 0 Å². The summed E-state index contributed by atoms with van der Waals surface area (Å²) in [5.41, 5.74) is 0.363. The molecule has 1 aromatic heterocycles. The Balaban J connectivity index is 2.44. The maximum absolute atomic E-state index is 10.8. The fraction of sp³-hybridized carbons (Fsp3) is 0.167. The standard InChI is InChI=1S/C12H10ClNO4/c1-7(15)11-4-5-12(18-11)8-2-3-9(13)10(6-8)14(16)17/h2-7,15H,1H3. The van der Waals surface area contributed by atoms with Gasteiger partial charge in [-0.05, 0) is 31.2 Å². The summed E-state index contributed by atoms with van der Waals surface area (Å²) in [6.07, 6.45) is -0.721. The molecule has 94 valence electrons. The van der Waals surface area contributed by atoms with Crippen LogP contribution in [0.2, 0.25) is 5.02 Å². The molecule has 0 bridgehead atoms. The molecule has 0 amide bonds. The van der Waals surface area contributed by atoms with Crippen molar-refractivity contribution in [2.75, 3.05) is 0 Å². The van der Waals surface area contributed by atoms with Crippen molar-refractivity contribution < 1.29 is 14.4 Å². The molecule has 0 saturated heterocycles. The van der Waals surface area contributed by atoms with Crippen LogP contribution in [0.25, 0.3) is 11.3 Å². The number of nitro groups is 1. The lowest BCUT2D eigenvalue weighted by atomic mass is 10.1. The average molecular weight is 268 g/mol. The van der Waals surface area contributed by atoms with Gasteiger partial charge in [0.2, 0.25) is 0 Å². The van der Waals surface area contributed by atoms with Crippen molar-refractivity contribution in [1.29, 1.82) is 0 Å². The van der Waals surface area contributed by atoms with Crippen LogP contribution in [0.5, 0.6) is 0 Å². The van der Waals surface area contributed by atoms with Crippen molar-refractivity contribution in [1.82, 2.24) is 0 Å². The highest BCUT2D eigenvalue weighted by molar-refractivity contribution is 6.32. The van der Waals surface area contributed by atoms with Gasteiger partial charge in [0.15, 0.2) is 0 Å². The summed E-state index contributed by atoms with van der Waals surface area (Å²) in [6, 6.07) is 7.68. The minimum Gasteiger partial charge on any atom is -0.458 e. The van der Waals surface area contributed by atoms with Gasteiger partial charge >= 0.3 is 0 Å². The number of aliphatic hydroxyl groups is 1. The Morgan fingerprint density at radius 1 is 1.39 bits per heavy atom. The van der Waals surface area contributed by atoms with Crippen molar-refractivity contribution in [3.8, 4) is 11.3 Å². The molecule has 1 atom stereocenters. The number of hydrogen-bond donors (Lipinski definition) is 1. The van der Waals surface area contributed by atoms with Gasteiger partial charge in [0.1, 0.15) is 22.6 Å². The maximum Gasteiger partial charge on any atom is 0.288 e. The summed E-state index contributed by atoms with van der Waals surface area (Å²) >= 11 is 5.72. The lowest BCUT2D eigenvalue weighted by Gasteiger charge is -2.01. The van der Waals surface area contributed by atoms with E-state index in [-0.39, 0.29) is 10.7 Å². The molecule has 0 saturated carbocycles. The number of hydrogen-bond acceptors (Lipinski definition) is 4. The number of rotatable bonds is 3. The molecule has 18 heavy (non-hydrogen) atoms. The third kappa shape index (κ3) is 2.37. The molecule has 0 spiro atoms. The van der Waals surface area contributed by atoms with Crippen molar-refractivity contribution in [2.45, 2.75) is 13.0 Å². The second-order valence-corrected chi connectivity index (χ2v) is 4.21. The number of aliphatic hydroxyl groups excluding tert-OH is 1. The summed E-state index contributed by atoms with van der Waals surface area (Å²) in [7, 11) is 0. The van der Waals surface area contributed by atoms with Crippen LogP contribution in [0.15, 0.2) is 34.7 Å². The van der Waals surface area contributed by atoms with Gasteiger partial charge in [0.25, 0.3) is 5.69 Å².